The molecule has 3 aliphatic rings. The largest absolute Gasteiger partial charge is 0.387 e. The Morgan fingerprint density at radius 2 is 1.83 bits per heavy atom. The first kappa shape index (κ1) is 18.1. The van der Waals surface area contributed by atoms with Crippen LogP contribution in [0.1, 0.15) is 66.2 Å². The van der Waals surface area contributed by atoms with E-state index in [0.29, 0.717) is 25.9 Å². The van der Waals surface area contributed by atoms with Crippen molar-refractivity contribution in [1.29, 1.82) is 0 Å². The number of allylic oxidation sites excluding steroid dienone is 2. The Hall–Kier alpha value is -0.680. The van der Waals surface area contributed by atoms with Gasteiger partial charge in [-0.05, 0) is 77.4 Å². The Bertz CT molecular complexity index is 544. The molecule has 4 heteroatoms. The summed E-state index contributed by atoms with van der Waals surface area (Å²) < 4.78 is 12.3. The van der Waals surface area contributed by atoms with E-state index in [2.05, 4.69) is 19.9 Å². The lowest BCUT2D eigenvalue weighted by Gasteiger charge is -2.47. The van der Waals surface area contributed by atoms with Gasteiger partial charge in [-0.1, -0.05) is 11.6 Å². The average Bonchev–Trinajstić information content (AvgIpc) is 2.84. The molecule has 0 radical (unpaired) electrons. The molecule has 5 atom stereocenters. The molecule has 1 fully saturated rings. The van der Waals surface area contributed by atoms with Crippen molar-refractivity contribution in [3.8, 4) is 0 Å². The highest BCUT2D eigenvalue weighted by molar-refractivity contribution is 5.26. The van der Waals surface area contributed by atoms with Gasteiger partial charge in [-0.3, -0.25) is 0 Å². The number of ether oxygens (including phenoxy) is 2. The Morgan fingerprint density at radius 3 is 2.58 bits per heavy atom. The molecular formula is C20H32O4. The van der Waals surface area contributed by atoms with Crippen molar-refractivity contribution < 1.29 is 19.7 Å². The van der Waals surface area contributed by atoms with Crippen LogP contribution in [0.3, 0.4) is 0 Å². The fraction of sp³-hybridized carbons (Fsp3) is 0.800. The van der Waals surface area contributed by atoms with Gasteiger partial charge in [0.25, 0.3) is 0 Å². The molecule has 4 nitrogen and oxygen atoms in total. The molecule has 2 bridgehead atoms. The number of aliphatic hydroxyl groups is 2. The van der Waals surface area contributed by atoms with Crippen molar-refractivity contribution in [2.75, 3.05) is 6.61 Å². The highest BCUT2D eigenvalue weighted by Crippen LogP contribution is 2.41. The van der Waals surface area contributed by atoms with E-state index in [0.717, 1.165) is 19.3 Å². The summed E-state index contributed by atoms with van der Waals surface area (Å²) in [4.78, 5) is 0. The minimum absolute atomic E-state index is 0.203. The number of hydrogen-bond acceptors (Lipinski definition) is 4. The summed E-state index contributed by atoms with van der Waals surface area (Å²) >= 11 is 0. The lowest BCUT2D eigenvalue weighted by Crippen LogP contribution is -2.58. The molecule has 0 aromatic heterocycles. The minimum atomic E-state index is -0.928. The first-order chi connectivity index (χ1) is 11.2. The Labute approximate surface area is 145 Å². The molecule has 3 heterocycles. The van der Waals surface area contributed by atoms with Gasteiger partial charge in [-0.2, -0.15) is 0 Å². The number of fused-ring (bicyclic) bond motifs is 4. The fourth-order valence-electron chi connectivity index (χ4n) is 4.29. The van der Waals surface area contributed by atoms with Crippen LogP contribution in [-0.2, 0) is 9.47 Å². The summed E-state index contributed by atoms with van der Waals surface area (Å²) in [5, 5.41) is 21.9. The summed E-state index contributed by atoms with van der Waals surface area (Å²) in [6.45, 7) is 8.59. The smallest absolute Gasteiger partial charge is 0.116 e. The van der Waals surface area contributed by atoms with E-state index in [1.54, 1.807) is 0 Å². The summed E-state index contributed by atoms with van der Waals surface area (Å²) in [5.41, 5.74) is 2.08. The molecule has 0 aromatic carbocycles. The summed E-state index contributed by atoms with van der Waals surface area (Å²) in [7, 11) is 0. The Kier molecular flexibility index (Phi) is 4.95. The van der Waals surface area contributed by atoms with Crippen molar-refractivity contribution in [2.24, 2.45) is 0 Å². The standard InChI is InChI=1S/C20H32O4/c1-13-6-5-10-19(3,21)16-9-11-20(4,22)18(24-16)17-15(8-7-13)14(2)12-23-17/h6,16-18,21-22H,5,7-12H2,1-4H3. The zero-order valence-corrected chi connectivity index (χ0v) is 15.5. The third kappa shape index (κ3) is 3.48. The number of rotatable bonds is 0. The number of hydrogen-bond donors (Lipinski definition) is 2. The van der Waals surface area contributed by atoms with E-state index in [1.165, 1.54) is 16.7 Å². The van der Waals surface area contributed by atoms with Crippen LogP contribution in [0, 0.1) is 0 Å². The maximum absolute atomic E-state index is 10.9. The normalized spacial score (nSPS) is 44.4. The first-order valence-corrected chi connectivity index (χ1v) is 9.27. The zero-order chi connectivity index (χ0) is 17.5. The van der Waals surface area contributed by atoms with Crippen LogP contribution in [-0.4, -0.2) is 46.3 Å². The monoisotopic (exact) mass is 336 g/mol. The summed E-state index contributed by atoms with van der Waals surface area (Å²) in [6.07, 6.45) is 6.14. The second-order valence-electron chi connectivity index (χ2n) is 8.42. The van der Waals surface area contributed by atoms with E-state index in [4.69, 9.17) is 9.47 Å². The molecule has 1 saturated heterocycles. The van der Waals surface area contributed by atoms with Gasteiger partial charge in [0.05, 0.1) is 23.9 Å². The predicted molar refractivity (Wildman–Crippen MR) is 93.8 cm³/mol. The van der Waals surface area contributed by atoms with E-state index < -0.39 is 17.3 Å². The molecule has 5 unspecified atom stereocenters. The molecule has 0 aromatic rings. The van der Waals surface area contributed by atoms with E-state index in [9.17, 15) is 10.2 Å². The predicted octanol–water partition coefficient (Wildman–Crippen LogP) is 3.27. The van der Waals surface area contributed by atoms with Crippen LogP contribution >= 0.6 is 0 Å². The van der Waals surface area contributed by atoms with Crippen molar-refractivity contribution in [2.45, 2.75) is 95.7 Å². The quantitative estimate of drug-likeness (QED) is 0.667. The van der Waals surface area contributed by atoms with Gasteiger partial charge in [0.1, 0.15) is 12.2 Å². The van der Waals surface area contributed by atoms with Crippen LogP contribution in [0.5, 0.6) is 0 Å². The van der Waals surface area contributed by atoms with Crippen molar-refractivity contribution in [1.82, 2.24) is 0 Å². The highest BCUT2D eigenvalue weighted by Gasteiger charge is 2.50. The Balaban J connectivity index is 1.96. The average molecular weight is 336 g/mol. The van der Waals surface area contributed by atoms with Crippen LogP contribution in [0.15, 0.2) is 22.8 Å². The second-order valence-corrected chi connectivity index (χ2v) is 8.42. The maximum Gasteiger partial charge on any atom is 0.116 e. The lowest BCUT2D eigenvalue weighted by molar-refractivity contribution is -0.237. The molecule has 136 valence electrons. The van der Waals surface area contributed by atoms with Gasteiger partial charge >= 0.3 is 0 Å². The Morgan fingerprint density at radius 1 is 1.08 bits per heavy atom. The van der Waals surface area contributed by atoms with E-state index >= 15 is 0 Å². The van der Waals surface area contributed by atoms with Crippen molar-refractivity contribution in [3.05, 3.63) is 22.8 Å². The van der Waals surface area contributed by atoms with Crippen molar-refractivity contribution in [3.63, 3.8) is 0 Å². The molecule has 0 spiro atoms. The van der Waals surface area contributed by atoms with Gasteiger partial charge in [-0.15, -0.1) is 0 Å². The van der Waals surface area contributed by atoms with Crippen LogP contribution < -0.4 is 0 Å². The third-order valence-electron chi connectivity index (χ3n) is 6.11. The zero-order valence-electron chi connectivity index (χ0n) is 15.5. The van der Waals surface area contributed by atoms with Crippen molar-refractivity contribution >= 4 is 0 Å². The van der Waals surface area contributed by atoms with Crippen LogP contribution in [0.2, 0.25) is 0 Å². The third-order valence-corrected chi connectivity index (χ3v) is 6.11. The van der Waals surface area contributed by atoms with Gasteiger partial charge in [0.15, 0.2) is 0 Å². The fourth-order valence-corrected chi connectivity index (χ4v) is 4.29. The minimum Gasteiger partial charge on any atom is -0.387 e. The molecule has 0 aliphatic carbocycles. The second kappa shape index (κ2) is 6.56. The molecule has 0 saturated carbocycles. The summed E-state index contributed by atoms with van der Waals surface area (Å²) in [5.74, 6) is 0. The molecule has 3 aliphatic heterocycles. The lowest BCUT2D eigenvalue weighted by atomic mass is 9.78. The highest BCUT2D eigenvalue weighted by atomic mass is 16.6. The molecule has 2 N–H and O–H groups in total. The topological polar surface area (TPSA) is 58.9 Å². The van der Waals surface area contributed by atoms with Gasteiger partial charge < -0.3 is 19.7 Å². The molecule has 24 heavy (non-hydrogen) atoms. The summed E-state index contributed by atoms with van der Waals surface area (Å²) in [6, 6.07) is 0. The van der Waals surface area contributed by atoms with Crippen LogP contribution in [0.4, 0.5) is 0 Å². The van der Waals surface area contributed by atoms with Gasteiger partial charge in [0.2, 0.25) is 0 Å². The van der Waals surface area contributed by atoms with E-state index in [-0.39, 0.29) is 12.2 Å². The van der Waals surface area contributed by atoms with Gasteiger partial charge in [-0.25, -0.2) is 0 Å². The molecular weight excluding hydrogens is 304 g/mol. The SMILES string of the molecule is CC1=CCCC(C)(O)C2CCC(C)(O)C(O2)C2OCC(C)=C2CC1. The first-order valence-electron chi connectivity index (χ1n) is 9.27. The molecule has 0 amide bonds. The molecule has 3 rings (SSSR count). The van der Waals surface area contributed by atoms with E-state index in [1.807, 2.05) is 13.8 Å². The maximum atomic E-state index is 10.9. The van der Waals surface area contributed by atoms with Gasteiger partial charge in [0, 0.05) is 0 Å². The van der Waals surface area contributed by atoms with Crippen LogP contribution in [0.25, 0.3) is 0 Å².